The summed E-state index contributed by atoms with van der Waals surface area (Å²) in [4.78, 5) is 34.4. The lowest BCUT2D eigenvalue weighted by Gasteiger charge is -2.06. The summed E-state index contributed by atoms with van der Waals surface area (Å²) in [6.07, 6.45) is 2.15. The number of nitrogens with zero attached hydrogens (tertiary/aromatic N) is 1. The Labute approximate surface area is 163 Å². The van der Waals surface area contributed by atoms with Crippen molar-refractivity contribution in [2.75, 3.05) is 0 Å². The van der Waals surface area contributed by atoms with Gasteiger partial charge in [0.25, 0.3) is 0 Å². The number of hydrogen-bond acceptors (Lipinski definition) is 4. The monoisotopic (exact) mass is 399 g/mol. The van der Waals surface area contributed by atoms with Gasteiger partial charge in [0, 0.05) is 40.3 Å². The van der Waals surface area contributed by atoms with Crippen LogP contribution in [0.1, 0.15) is 26.3 Å². The molecule has 0 aliphatic carbocycles. The van der Waals surface area contributed by atoms with Gasteiger partial charge in [0.2, 0.25) is 5.76 Å². The van der Waals surface area contributed by atoms with Crippen LogP contribution in [-0.2, 0) is 11.3 Å². The molecule has 3 aromatic rings. The maximum Gasteiger partial charge on any atom is 0.371 e. The van der Waals surface area contributed by atoms with E-state index in [9.17, 15) is 19.5 Å². The second kappa shape index (κ2) is 7.58. The van der Waals surface area contributed by atoms with E-state index in [1.54, 1.807) is 34.9 Å². The van der Waals surface area contributed by atoms with Gasteiger partial charge in [-0.3, -0.25) is 4.79 Å². The van der Waals surface area contributed by atoms with Crippen LogP contribution in [-0.4, -0.2) is 37.6 Å². The lowest BCUT2D eigenvalue weighted by Crippen LogP contribution is -2.04. The number of allylic oxidation sites excluding steroid dienone is 1. The summed E-state index contributed by atoms with van der Waals surface area (Å²) in [6, 6.07) is 11.3. The van der Waals surface area contributed by atoms with Gasteiger partial charge in [-0.15, -0.1) is 0 Å². The molecular formula is C20H14ClNO6. The molecule has 0 unspecified atom stereocenters. The van der Waals surface area contributed by atoms with E-state index >= 15 is 0 Å². The number of carboxylic acids is 2. The van der Waals surface area contributed by atoms with Crippen molar-refractivity contribution in [3.63, 3.8) is 0 Å². The first kappa shape index (κ1) is 19.2. The van der Waals surface area contributed by atoms with Crippen molar-refractivity contribution in [2.45, 2.75) is 6.54 Å². The molecule has 0 saturated carbocycles. The third-order valence-corrected chi connectivity index (χ3v) is 4.36. The number of aromatic carboxylic acids is 1. The number of aliphatic carboxylic acids is 1. The molecule has 7 nitrogen and oxygen atoms in total. The summed E-state index contributed by atoms with van der Waals surface area (Å²) in [5, 5.41) is 28.1. The summed E-state index contributed by atoms with van der Waals surface area (Å²) in [6.45, 7) is 0.279. The van der Waals surface area contributed by atoms with E-state index in [2.05, 4.69) is 0 Å². The summed E-state index contributed by atoms with van der Waals surface area (Å²) in [5.41, 5.74) is 1.66. The van der Waals surface area contributed by atoms with Gasteiger partial charge in [-0.2, -0.15) is 0 Å². The number of aliphatic hydroxyl groups excluding tert-OH is 1. The number of halogens is 1. The number of fused-ring (bicyclic) bond motifs is 1. The third kappa shape index (κ3) is 3.89. The van der Waals surface area contributed by atoms with Gasteiger partial charge < -0.3 is 19.9 Å². The average Bonchev–Trinajstić information content (AvgIpc) is 2.99. The number of aliphatic hydroxyl groups is 1. The van der Waals surface area contributed by atoms with Crippen LogP contribution in [0.5, 0.6) is 0 Å². The Kier molecular flexibility index (Phi) is 5.19. The summed E-state index contributed by atoms with van der Waals surface area (Å²) >= 11 is 6.03. The largest absolute Gasteiger partial charge is 0.502 e. The fraction of sp³-hybridized carbons (Fsp3) is 0.0500. The van der Waals surface area contributed by atoms with Crippen LogP contribution in [0.25, 0.3) is 10.9 Å². The van der Waals surface area contributed by atoms with Crippen LogP contribution in [0, 0.1) is 0 Å². The maximum absolute atomic E-state index is 12.5. The van der Waals surface area contributed by atoms with Crippen LogP contribution in [0.2, 0.25) is 5.02 Å². The van der Waals surface area contributed by atoms with Gasteiger partial charge in [-0.1, -0.05) is 23.7 Å². The number of carbonyl (C=O) groups is 3. The molecule has 3 N–H and O–H groups in total. The molecule has 0 fully saturated rings. The number of aromatic nitrogens is 1. The van der Waals surface area contributed by atoms with Crippen molar-refractivity contribution in [3.8, 4) is 0 Å². The van der Waals surface area contributed by atoms with Crippen LogP contribution >= 0.6 is 11.6 Å². The van der Waals surface area contributed by atoms with Crippen molar-refractivity contribution in [3.05, 3.63) is 82.2 Å². The Morgan fingerprint density at radius 1 is 1.04 bits per heavy atom. The zero-order valence-electron chi connectivity index (χ0n) is 14.3. The fourth-order valence-corrected chi connectivity index (χ4v) is 3.03. The summed E-state index contributed by atoms with van der Waals surface area (Å²) in [7, 11) is 0. The van der Waals surface area contributed by atoms with E-state index in [-0.39, 0.29) is 17.7 Å². The molecule has 0 bridgehead atoms. The molecule has 0 amide bonds. The summed E-state index contributed by atoms with van der Waals surface area (Å²) in [5.74, 6) is -4.41. The average molecular weight is 400 g/mol. The minimum absolute atomic E-state index is 0.141. The van der Waals surface area contributed by atoms with Crippen molar-refractivity contribution in [2.24, 2.45) is 0 Å². The van der Waals surface area contributed by atoms with Gasteiger partial charge in [0.1, 0.15) is 0 Å². The number of ketones is 1. The normalized spacial score (nSPS) is 11.5. The topological polar surface area (TPSA) is 117 Å². The van der Waals surface area contributed by atoms with Crippen molar-refractivity contribution < 1.29 is 29.7 Å². The zero-order chi connectivity index (χ0) is 20.4. The molecule has 142 valence electrons. The lowest BCUT2D eigenvalue weighted by molar-refractivity contribution is -0.135. The highest BCUT2D eigenvalue weighted by Gasteiger charge is 2.17. The van der Waals surface area contributed by atoms with E-state index in [1.165, 1.54) is 18.3 Å². The highest BCUT2D eigenvalue weighted by Crippen LogP contribution is 2.27. The quantitative estimate of drug-likeness (QED) is 0.330. The highest BCUT2D eigenvalue weighted by molar-refractivity contribution is 6.31. The maximum atomic E-state index is 12.5. The molecule has 3 rings (SSSR count). The van der Waals surface area contributed by atoms with Gasteiger partial charge in [0.15, 0.2) is 5.78 Å². The first-order valence-electron chi connectivity index (χ1n) is 8.05. The van der Waals surface area contributed by atoms with Crippen molar-refractivity contribution >= 4 is 40.2 Å². The number of carbonyl (C=O) groups excluding carboxylic acids is 1. The SMILES string of the molecule is O=C(O)C(O)=CC(=O)c1cn(Cc2cccc(C(=O)O)c2)c2ccc(Cl)cc12. The molecule has 0 aliphatic rings. The third-order valence-electron chi connectivity index (χ3n) is 4.12. The number of carboxylic acid groups (broad SMARTS) is 2. The van der Waals surface area contributed by atoms with Crippen LogP contribution in [0.4, 0.5) is 0 Å². The second-order valence-corrected chi connectivity index (χ2v) is 6.47. The Balaban J connectivity index is 2.08. The Bertz CT molecular complexity index is 1140. The predicted octanol–water partition coefficient (Wildman–Crippen LogP) is 3.75. The van der Waals surface area contributed by atoms with E-state index in [0.717, 1.165) is 0 Å². The number of hydrogen-bond donors (Lipinski definition) is 3. The minimum Gasteiger partial charge on any atom is -0.502 e. The van der Waals surface area contributed by atoms with Crippen molar-refractivity contribution in [1.29, 1.82) is 0 Å². The number of rotatable bonds is 6. The zero-order valence-corrected chi connectivity index (χ0v) is 15.1. The van der Waals surface area contributed by atoms with Crippen molar-refractivity contribution in [1.82, 2.24) is 4.57 Å². The fourth-order valence-electron chi connectivity index (χ4n) is 2.86. The first-order valence-corrected chi connectivity index (χ1v) is 8.43. The Hall–Kier alpha value is -3.58. The molecule has 0 radical (unpaired) electrons. The molecule has 8 heteroatoms. The van der Waals surface area contributed by atoms with Crippen LogP contribution < -0.4 is 0 Å². The van der Waals surface area contributed by atoms with E-state index in [0.29, 0.717) is 27.6 Å². The lowest BCUT2D eigenvalue weighted by atomic mass is 10.1. The highest BCUT2D eigenvalue weighted by atomic mass is 35.5. The van der Waals surface area contributed by atoms with Gasteiger partial charge in [0.05, 0.1) is 5.56 Å². The van der Waals surface area contributed by atoms with E-state index in [1.807, 2.05) is 0 Å². The molecule has 2 aromatic carbocycles. The molecule has 0 spiro atoms. The van der Waals surface area contributed by atoms with Crippen LogP contribution in [0.3, 0.4) is 0 Å². The standard InChI is InChI=1S/C20H14ClNO6/c21-13-4-5-16-14(7-13)15(17(23)8-18(24)20(27)28)10-22(16)9-11-2-1-3-12(6-11)19(25)26/h1-8,10,24H,9H2,(H,25,26)(H,27,28). The van der Waals surface area contributed by atoms with Crippen LogP contribution in [0.15, 0.2) is 60.5 Å². The molecule has 28 heavy (non-hydrogen) atoms. The molecule has 1 heterocycles. The smallest absolute Gasteiger partial charge is 0.371 e. The first-order chi connectivity index (χ1) is 13.3. The number of benzene rings is 2. The molecule has 0 saturated heterocycles. The van der Waals surface area contributed by atoms with Gasteiger partial charge in [-0.25, -0.2) is 9.59 Å². The minimum atomic E-state index is -1.61. The Morgan fingerprint density at radius 3 is 2.46 bits per heavy atom. The molecule has 0 aliphatic heterocycles. The summed E-state index contributed by atoms with van der Waals surface area (Å²) < 4.78 is 1.73. The molecular weight excluding hydrogens is 386 g/mol. The predicted molar refractivity (Wildman–Crippen MR) is 102 cm³/mol. The Morgan fingerprint density at radius 2 is 1.79 bits per heavy atom. The second-order valence-electron chi connectivity index (χ2n) is 6.04. The van der Waals surface area contributed by atoms with Gasteiger partial charge >= 0.3 is 11.9 Å². The molecule has 1 aromatic heterocycles. The van der Waals surface area contributed by atoms with E-state index in [4.69, 9.17) is 21.8 Å². The van der Waals surface area contributed by atoms with Gasteiger partial charge in [-0.05, 0) is 35.9 Å². The van der Waals surface area contributed by atoms with E-state index < -0.39 is 23.5 Å². The molecule has 0 atom stereocenters.